The summed E-state index contributed by atoms with van der Waals surface area (Å²) in [6.45, 7) is 5.75. The van der Waals surface area contributed by atoms with E-state index in [2.05, 4.69) is 45.5 Å². The highest BCUT2D eigenvalue weighted by atomic mass is 35.5. The number of nitrogens with zero attached hydrogens (tertiary/aromatic N) is 3. The van der Waals surface area contributed by atoms with Crippen molar-refractivity contribution < 1.29 is 9.53 Å². The summed E-state index contributed by atoms with van der Waals surface area (Å²) >= 11 is 0. The number of aliphatic imine (C=N–C) groups is 1. The van der Waals surface area contributed by atoms with Crippen LogP contribution >= 0.6 is 24.8 Å². The third-order valence-electron chi connectivity index (χ3n) is 5.70. The average molecular weight is 493 g/mol. The molecule has 1 saturated heterocycles. The van der Waals surface area contributed by atoms with Crippen LogP contribution in [0, 0.1) is 0 Å². The molecule has 2 aromatic rings. The van der Waals surface area contributed by atoms with E-state index in [1.807, 2.05) is 29.2 Å². The van der Waals surface area contributed by atoms with Crippen molar-refractivity contribution in [3.05, 3.63) is 65.7 Å². The van der Waals surface area contributed by atoms with Gasteiger partial charge in [-0.2, -0.15) is 4.99 Å². The third kappa shape index (κ3) is 8.54. The Labute approximate surface area is 209 Å². The number of guanidine groups is 1. The topological polar surface area (TPSA) is 57.2 Å². The number of hydrogen-bond acceptors (Lipinski definition) is 5. The Hall–Kier alpha value is -2.28. The fourth-order valence-electron chi connectivity index (χ4n) is 4.12. The van der Waals surface area contributed by atoms with Gasteiger partial charge in [-0.15, -0.1) is 24.8 Å². The van der Waals surface area contributed by atoms with Gasteiger partial charge in [0.2, 0.25) is 5.96 Å². The highest BCUT2D eigenvalue weighted by molar-refractivity contribution is 6.00. The maximum absolute atomic E-state index is 11.8. The minimum Gasteiger partial charge on any atom is -0.494 e. The van der Waals surface area contributed by atoms with Crippen molar-refractivity contribution in [2.24, 2.45) is 4.99 Å². The summed E-state index contributed by atoms with van der Waals surface area (Å²) in [6.07, 6.45) is 4.81. The van der Waals surface area contributed by atoms with Gasteiger partial charge in [0.25, 0.3) is 5.91 Å². The van der Waals surface area contributed by atoms with Gasteiger partial charge < -0.3 is 15.0 Å². The van der Waals surface area contributed by atoms with Crippen LogP contribution < -0.4 is 10.1 Å². The molecule has 0 aliphatic carbocycles. The lowest BCUT2D eigenvalue weighted by Crippen LogP contribution is -2.38. The lowest BCUT2D eigenvalue weighted by molar-refractivity contribution is -0.117. The second-order valence-corrected chi connectivity index (χ2v) is 8.28. The zero-order chi connectivity index (χ0) is 21.3. The number of ether oxygens (including phenoxy) is 1. The van der Waals surface area contributed by atoms with Gasteiger partial charge in [-0.25, -0.2) is 0 Å². The van der Waals surface area contributed by atoms with Gasteiger partial charge in [-0.05, 0) is 55.6 Å². The van der Waals surface area contributed by atoms with E-state index in [-0.39, 0.29) is 30.7 Å². The predicted octanol–water partition coefficient (Wildman–Crippen LogP) is 4.27. The van der Waals surface area contributed by atoms with Crippen LogP contribution in [0.25, 0.3) is 0 Å². The van der Waals surface area contributed by atoms with Crippen LogP contribution in [-0.2, 0) is 17.9 Å². The molecule has 2 aliphatic rings. The molecule has 0 aromatic heterocycles. The second-order valence-electron chi connectivity index (χ2n) is 8.28. The van der Waals surface area contributed by atoms with Gasteiger partial charge in [0.05, 0.1) is 6.61 Å². The summed E-state index contributed by atoms with van der Waals surface area (Å²) in [5.74, 6) is 1.49. The first-order valence-corrected chi connectivity index (χ1v) is 11.3. The molecule has 1 fully saturated rings. The normalized spacial score (nSPS) is 15.9. The maximum atomic E-state index is 11.8. The van der Waals surface area contributed by atoms with Crippen molar-refractivity contribution in [1.29, 1.82) is 0 Å². The molecule has 0 radical (unpaired) electrons. The molecule has 2 aromatic carbocycles. The summed E-state index contributed by atoms with van der Waals surface area (Å²) < 4.78 is 5.97. The van der Waals surface area contributed by atoms with Crippen LogP contribution in [0.5, 0.6) is 5.75 Å². The first kappa shape index (κ1) is 27.0. The lowest BCUT2D eigenvalue weighted by atomic mass is 10.1. The van der Waals surface area contributed by atoms with Crippen LogP contribution in [0.1, 0.15) is 36.8 Å². The van der Waals surface area contributed by atoms with E-state index in [0.29, 0.717) is 32.2 Å². The molecule has 0 bridgehead atoms. The summed E-state index contributed by atoms with van der Waals surface area (Å²) in [6, 6.07) is 18.6. The third-order valence-corrected chi connectivity index (χ3v) is 5.70. The summed E-state index contributed by atoms with van der Waals surface area (Å²) in [4.78, 5) is 20.5. The Morgan fingerprint density at radius 3 is 2.45 bits per heavy atom. The standard InChI is InChI=1S/C25H32N4O2.2ClH/c30-24-20-29(19-21-9-3-1-4-10-21)25(27-24)26-13-8-16-31-23-12-7-11-22(17-23)18-28-14-5-2-6-15-28;;/h1,3-4,7,9-12,17H,2,5-6,8,13-16,18-20H2,(H,26,27,30);2*1H. The summed E-state index contributed by atoms with van der Waals surface area (Å²) in [7, 11) is 0. The van der Waals surface area contributed by atoms with E-state index in [9.17, 15) is 4.79 Å². The van der Waals surface area contributed by atoms with Gasteiger partial charge in [-0.1, -0.05) is 48.9 Å². The minimum absolute atomic E-state index is 0. The average Bonchev–Trinajstić information content (AvgIpc) is 3.14. The molecule has 4 rings (SSSR count). The molecule has 0 spiro atoms. The molecule has 0 atom stereocenters. The van der Waals surface area contributed by atoms with Crippen LogP contribution in [0.3, 0.4) is 0 Å². The van der Waals surface area contributed by atoms with E-state index >= 15 is 0 Å². The number of nitrogens with one attached hydrogen (secondary N) is 1. The zero-order valence-corrected chi connectivity index (χ0v) is 20.6. The Morgan fingerprint density at radius 2 is 1.67 bits per heavy atom. The molecule has 1 N–H and O–H groups in total. The first-order valence-electron chi connectivity index (χ1n) is 11.3. The summed E-state index contributed by atoms with van der Waals surface area (Å²) in [5.41, 5.74) is 2.48. The van der Waals surface area contributed by atoms with E-state index in [0.717, 1.165) is 18.7 Å². The fraction of sp³-hybridized carbons (Fsp3) is 0.440. The van der Waals surface area contributed by atoms with E-state index < -0.39 is 0 Å². The largest absolute Gasteiger partial charge is 0.494 e. The molecule has 2 aliphatic heterocycles. The van der Waals surface area contributed by atoms with Gasteiger partial charge >= 0.3 is 0 Å². The molecule has 6 nitrogen and oxygen atoms in total. The SMILES string of the molecule is Cl.Cl.O=C1CN(Cc2ccccc2)C(NCCCOc2cccc(CN3CCCCC3)c2)=N1. The van der Waals surface area contributed by atoms with Gasteiger partial charge in [0.1, 0.15) is 12.3 Å². The molecular formula is C25H34Cl2N4O2. The Morgan fingerprint density at radius 1 is 0.909 bits per heavy atom. The highest BCUT2D eigenvalue weighted by Gasteiger charge is 2.22. The number of likely N-dealkylation sites (tertiary alicyclic amines) is 1. The number of benzene rings is 2. The van der Waals surface area contributed by atoms with Crippen molar-refractivity contribution in [1.82, 2.24) is 15.1 Å². The first-order chi connectivity index (χ1) is 15.3. The Kier molecular flexibility index (Phi) is 11.5. The van der Waals surface area contributed by atoms with E-state index in [1.54, 1.807) is 0 Å². The number of hydrogen-bond donors (Lipinski definition) is 1. The zero-order valence-electron chi connectivity index (χ0n) is 18.9. The fourth-order valence-corrected chi connectivity index (χ4v) is 4.12. The van der Waals surface area contributed by atoms with Crippen LogP contribution in [0.15, 0.2) is 59.6 Å². The second kappa shape index (κ2) is 14.1. The molecule has 0 saturated carbocycles. The number of halogens is 2. The Balaban J connectivity index is 0.00000193. The van der Waals surface area contributed by atoms with Crippen LogP contribution in [0.4, 0.5) is 0 Å². The van der Waals surface area contributed by atoms with Crippen molar-refractivity contribution in [3.63, 3.8) is 0 Å². The molecule has 180 valence electrons. The minimum atomic E-state index is -0.0970. The number of amides is 1. The van der Waals surface area contributed by atoms with Gasteiger partial charge in [0.15, 0.2) is 0 Å². The Bertz CT molecular complexity index is 889. The van der Waals surface area contributed by atoms with Crippen LogP contribution in [0.2, 0.25) is 0 Å². The number of piperidine rings is 1. The number of rotatable bonds is 9. The van der Waals surface area contributed by atoms with Crippen molar-refractivity contribution >= 4 is 36.7 Å². The van der Waals surface area contributed by atoms with Crippen molar-refractivity contribution in [2.45, 2.75) is 38.8 Å². The quantitative estimate of drug-likeness (QED) is 0.529. The summed E-state index contributed by atoms with van der Waals surface area (Å²) in [5, 5.41) is 3.30. The number of carbonyl (C=O) groups excluding carboxylic acids is 1. The van der Waals surface area contributed by atoms with E-state index in [4.69, 9.17) is 4.74 Å². The molecule has 1 amide bonds. The molecule has 0 unspecified atom stereocenters. The van der Waals surface area contributed by atoms with Crippen LogP contribution in [-0.4, -0.2) is 54.5 Å². The molecule has 2 heterocycles. The lowest BCUT2D eigenvalue weighted by Gasteiger charge is -2.26. The predicted molar refractivity (Wildman–Crippen MR) is 137 cm³/mol. The monoisotopic (exact) mass is 492 g/mol. The van der Waals surface area contributed by atoms with Crippen molar-refractivity contribution in [2.75, 3.05) is 32.8 Å². The smallest absolute Gasteiger partial charge is 0.268 e. The highest BCUT2D eigenvalue weighted by Crippen LogP contribution is 2.18. The molecular weight excluding hydrogens is 459 g/mol. The maximum Gasteiger partial charge on any atom is 0.268 e. The molecule has 33 heavy (non-hydrogen) atoms. The van der Waals surface area contributed by atoms with Gasteiger partial charge in [-0.3, -0.25) is 9.69 Å². The van der Waals surface area contributed by atoms with Gasteiger partial charge in [0, 0.05) is 19.6 Å². The van der Waals surface area contributed by atoms with Crippen molar-refractivity contribution in [3.8, 4) is 5.75 Å². The molecule has 8 heteroatoms. The van der Waals surface area contributed by atoms with E-state index in [1.165, 1.54) is 43.5 Å². The number of carbonyl (C=O) groups is 1.